The fourth-order valence-electron chi connectivity index (χ4n) is 1.66. The Labute approximate surface area is 121 Å². The predicted molar refractivity (Wildman–Crippen MR) is 83.0 cm³/mol. The lowest BCUT2D eigenvalue weighted by molar-refractivity contribution is -0.111. The standard InChI is InChI=1S/C16H14BrNO/c1-12-3-2-4-13(11-12)5-10-16(19)18-15-8-6-14(17)7-9-15/h2-11H,1H3,(H,18,19)/b10-5+. The van der Waals surface area contributed by atoms with Gasteiger partial charge >= 0.3 is 0 Å². The van der Waals surface area contributed by atoms with E-state index < -0.39 is 0 Å². The Morgan fingerprint density at radius 1 is 1.16 bits per heavy atom. The van der Waals surface area contributed by atoms with E-state index in [1.165, 1.54) is 11.6 Å². The smallest absolute Gasteiger partial charge is 0.248 e. The Hall–Kier alpha value is -1.87. The number of carbonyl (C=O) groups excluding carboxylic acids is 1. The molecule has 0 saturated carbocycles. The summed E-state index contributed by atoms with van der Waals surface area (Å²) in [7, 11) is 0. The quantitative estimate of drug-likeness (QED) is 0.835. The minimum atomic E-state index is -0.135. The van der Waals surface area contributed by atoms with Gasteiger partial charge in [-0.3, -0.25) is 4.79 Å². The molecule has 0 radical (unpaired) electrons. The van der Waals surface area contributed by atoms with Crippen molar-refractivity contribution in [3.05, 3.63) is 70.2 Å². The molecule has 0 aliphatic rings. The second kappa shape index (κ2) is 6.34. The average Bonchev–Trinajstić information content (AvgIpc) is 2.39. The summed E-state index contributed by atoms with van der Waals surface area (Å²) in [6, 6.07) is 15.5. The Morgan fingerprint density at radius 3 is 2.58 bits per heavy atom. The second-order valence-electron chi connectivity index (χ2n) is 4.24. The van der Waals surface area contributed by atoms with Crippen molar-refractivity contribution < 1.29 is 4.79 Å². The van der Waals surface area contributed by atoms with Crippen LogP contribution in [0.1, 0.15) is 11.1 Å². The normalized spacial score (nSPS) is 10.6. The molecule has 3 heteroatoms. The van der Waals surface area contributed by atoms with Crippen molar-refractivity contribution in [3.8, 4) is 0 Å². The van der Waals surface area contributed by atoms with E-state index in [0.29, 0.717) is 0 Å². The summed E-state index contributed by atoms with van der Waals surface area (Å²) in [6.07, 6.45) is 3.35. The predicted octanol–water partition coefficient (Wildman–Crippen LogP) is 4.41. The van der Waals surface area contributed by atoms with Gasteiger partial charge in [-0.05, 0) is 42.8 Å². The molecule has 2 aromatic carbocycles. The first kappa shape index (κ1) is 13.6. The van der Waals surface area contributed by atoms with Crippen molar-refractivity contribution in [3.63, 3.8) is 0 Å². The van der Waals surface area contributed by atoms with E-state index in [4.69, 9.17) is 0 Å². The summed E-state index contributed by atoms with van der Waals surface area (Å²) in [6.45, 7) is 2.03. The molecule has 1 N–H and O–H groups in total. The molecule has 0 bridgehead atoms. The van der Waals surface area contributed by atoms with Crippen LogP contribution < -0.4 is 5.32 Å². The van der Waals surface area contributed by atoms with Gasteiger partial charge in [-0.1, -0.05) is 45.8 Å². The number of rotatable bonds is 3. The maximum atomic E-state index is 11.7. The molecule has 0 aliphatic carbocycles. The molecule has 19 heavy (non-hydrogen) atoms. The van der Waals surface area contributed by atoms with E-state index in [2.05, 4.69) is 21.2 Å². The molecule has 0 atom stereocenters. The largest absolute Gasteiger partial charge is 0.323 e. The zero-order valence-electron chi connectivity index (χ0n) is 10.6. The number of hydrogen-bond donors (Lipinski definition) is 1. The third kappa shape index (κ3) is 4.38. The van der Waals surface area contributed by atoms with Crippen LogP contribution in [-0.2, 0) is 4.79 Å². The van der Waals surface area contributed by atoms with Crippen LogP contribution in [-0.4, -0.2) is 5.91 Å². The van der Waals surface area contributed by atoms with Crippen molar-refractivity contribution in [2.24, 2.45) is 0 Å². The third-order valence-electron chi connectivity index (χ3n) is 2.58. The van der Waals surface area contributed by atoms with Crippen molar-refractivity contribution in [2.75, 3.05) is 5.32 Å². The number of carbonyl (C=O) groups is 1. The van der Waals surface area contributed by atoms with Gasteiger partial charge < -0.3 is 5.32 Å². The van der Waals surface area contributed by atoms with Gasteiger partial charge in [0.25, 0.3) is 0 Å². The maximum Gasteiger partial charge on any atom is 0.248 e. The summed E-state index contributed by atoms with van der Waals surface area (Å²) < 4.78 is 0.987. The number of amides is 1. The van der Waals surface area contributed by atoms with Gasteiger partial charge in [0.1, 0.15) is 0 Å². The van der Waals surface area contributed by atoms with E-state index in [0.717, 1.165) is 15.7 Å². The fourth-order valence-corrected chi connectivity index (χ4v) is 1.93. The van der Waals surface area contributed by atoms with E-state index >= 15 is 0 Å². The van der Waals surface area contributed by atoms with Gasteiger partial charge in [-0.25, -0.2) is 0 Å². The molecule has 0 spiro atoms. The van der Waals surface area contributed by atoms with Crippen LogP contribution in [0.25, 0.3) is 6.08 Å². The summed E-state index contributed by atoms with van der Waals surface area (Å²) in [5, 5.41) is 2.81. The molecule has 2 aromatic rings. The Balaban J connectivity index is 1.99. The highest BCUT2D eigenvalue weighted by molar-refractivity contribution is 9.10. The van der Waals surface area contributed by atoms with E-state index in [-0.39, 0.29) is 5.91 Å². The number of halogens is 1. The Morgan fingerprint density at radius 2 is 1.89 bits per heavy atom. The highest BCUT2D eigenvalue weighted by atomic mass is 79.9. The Kier molecular flexibility index (Phi) is 4.53. The molecule has 2 nitrogen and oxygen atoms in total. The summed E-state index contributed by atoms with van der Waals surface area (Å²) >= 11 is 3.35. The van der Waals surface area contributed by atoms with Gasteiger partial charge in [-0.15, -0.1) is 0 Å². The van der Waals surface area contributed by atoms with Gasteiger partial charge in [-0.2, -0.15) is 0 Å². The zero-order chi connectivity index (χ0) is 13.7. The molecule has 96 valence electrons. The fraction of sp³-hybridized carbons (Fsp3) is 0.0625. The summed E-state index contributed by atoms with van der Waals surface area (Å²) in [4.78, 5) is 11.7. The highest BCUT2D eigenvalue weighted by Gasteiger charge is 1.97. The lowest BCUT2D eigenvalue weighted by Crippen LogP contribution is -2.07. The monoisotopic (exact) mass is 315 g/mol. The van der Waals surface area contributed by atoms with Crippen LogP contribution in [0, 0.1) is 6.92 Å². The molecular weight excluding hydrogens is 302 g/mol. The van der Waals surface area contributed by atoms with E-state index in [1.807, 2.05) is 55.5 Å². The van der Waals surface area contributed by atoms with Crippen LogP contribution >= 0.6 is 15.9 Å². The molecular formula is C16H14BrNO. The van der Waals surface area contributed by atoms with Crippen molar-refractivity contribution in [1.29, 1.82) is 0 Å². The lowest BCUT2D eigenvalue weighted by Gasteiger charge is -2.01. The summed E-state index contributed by atoms with van der Waals surface area (Å²) in [5.74, 6) is -0.135. The van der Waals surface area contributed by atoms with Crippen LogP contribution in [0.4, 0.5) is 5.69 Å². The molecule has 2 rings (SSSR count). The van der Waals surface area contributed by atoms with Crippen LogP contribution in [0.15, 0.2) is 59.1 Å². The van der Waals surface area contributed by atoms with Crippen molar-refractivity contribution >= 4 is 33.6 Å². The lowest BCUT2D eigenvalue weighted by atomic mass is 10.1. The molecule has 0 heterocycles. The molecule has 0 fully saturated rings. The molecule has 0 unspecified atom stereocenters. The van der Waals surface area contributed by atoms with E-state index in [1.54, 1.807) is 6.08 Å². The zero-order valence-corrected chi connectivity index (χ0v) is 12.1. The number of nitrogens with one attached hydrogen (secondary N) is 1. The topological polar surface area (TPSA) is 29.1 Å². The van der Waals surface area contributed by atoms with Gasteiger partial charge in [0.05, 0.1) is 0 Å². The molecule has 1 amide bonds. The minimum Gasteiger partial charge on any atom is -0.323 e. The molecule has 0 aromatic heterocycles. The maximum absolute atomic E-state index is 11.7. The molecule has 0 saturated heterocycles. The van der Waals surface area contributed by atoms with Crippen molar-refractivity contribution in [1.82, 2.24) is 0 Å². The number of hydrogen-bond acceptors (Lipinski definition) is 1. The minimum absolute atomic E-state index is 0.135. The van der Waals surface area contributed by atoms with Crippen LogP contribution in [0.5, 0.6) is 0 Å². The average molecular weight is 316 g/mol. The molecule has 0 aliphatic heterocycles. The SMILES string of the molecule is Cc1cccc(/C=C/C(=O)Nc2ccc(Br)cc2)c1. The Bertz CT molecular complexity index is 602. The first-order valence-electron chi connectivity index (χ1n) is 5.95. The number of benzene rings is 2. The number of anilines is 1. The number of aryl methyl sites for hydroxylation is 1. The van der Waals surface area contributed by atoms with Crippen LogP contribution in [0.2, 0.25) is 0 Å². The van der Waals surface area contributed by atoms with Gasteiger partial charge in [0, 0.05) is 16.2 Å². The van der Waals surface area contributed by atoms with Gasteiger partial charge in [0.15, 0.2) is 0 Å². The van der Waals surface area contributed by atoms with Crippen molar-refractivity contribution in [2.45, 2.75) is 6.92 Å². The van der Waals surface area contributed by atoms with Gasteiger partial charge in [0.2, 0.25) is 5.91 Å². The van der Waals surface area contributed by atoms with Crippen LogP contribution in [0.3, 0.4) is 0 Å². The first-order valence-corrected chi connectivity index (χ1v) is 6.74. The summed E-state index contributed by atoms with van der Waals surface area (Å²) in [5.41, 5.74) is 2.98. The van der Waals surface area contributed by atoms with E-state index in [9.17, 15) is 4.79 Å². The first-order chi connectivity index (χ1) is 9.13. The highest BCUT2D eigenvalue weighted by Crippen LogP contribution is 2.14. The second-order valence-corrected chi connectivity index (χ2v) is 5.16. The third-order valence-corrected chi connectivity index (χ3v) is 3.11.